The van der Waals surface area contributed by atoms with Crippen LogP contribution < -0.4 is 5.32 Å². The zero-order chi connectivity index (χ0) is 16.6. The topological polar surface area (TPSA) is 59.4 Å². The molecule has 0 radical (unpaired) electrons. The first-order valence-electron chi connectivity index (χ1n) is 8.45. The molecule has 2 amide bonds. The first-order chi connectivity index (χ1) is 11.8. The van der Waals surface area contributed by atoms with Crippen LogP contribution in [-0.2, 0) is 17.7 Å². The van der Waals surface area contributed by atoms with Gasteiger partial charge in [-0.15, -0.1) is 0 Å². The second-order valence-corrected chi connectivity index (χ2v) is 6.00. The van der Waals surface area contributed by atoms with Crippen LogP contribution in [0.4, 0.5) is 4.79 Å². The predicted molar refractivity (Wildman–Crippen MR) is 91.7 cm³/mol. The molecule has 1 aliphatic heterocycles. The third-order valence-electron chi connectivity index (χ3n) is 4.23. The molecule has 0 bridgehead atoms. The number of morpholine rings is 1. The number of hydrogen-bond donors (Lipinski definition) is 1. The molecule has 1 atom stereocenters. The number of amides is 2. The Kier molecular flexibility index (Phi) is 5.85. The summed E-state index contributed by atoms with van der Waals surface area (Å²) < 4.78 is 7.76. The normalized spacial score (nSPS) is 17.7. The zero-order valence-corrected chi connectivity index (χ0v) is 13.8. The van der Waals surface area contributed by atoms with E-state index in [4.69, 9.17) is 4.74 Å². The van der Waals surface area contributed by atoms with Gasteiger partial charge in [0.1, 0.15) is 0 Å². The van der Waals surface area contributed by atoms with E-state index < -0.39 is 0 Å². The summed E-state index contributed by atoms with van der Waals surface area (Å²) in [4.78, 5) is 18.1. The Morgan fingerprint density at radius 2 is 2.21 bits per heavy atom. The second-order valence-electron chi connectivity index (χ2n) is 6.00. The summed E-state index contributed by atoms with van der Waals surface area (Å²) in [5.41, 5.74) is 1.31. The summed E-state index contributed by atoms with van der Waals surface area (Å²) in [5, 5.41) is 2.97. The SMILES string of the molecule is O=C(NCCn1ccnc1)N1CCOC(CCc2ccccc2)C1. The lowest BCUT2D eigenvalue weighted by atomic mass is 10.1. The number of aryl methyl sites for hydroxylation is 1. The third-order valence-corrected chi connectivity index (χ3v) is 4.23. The number of carbonyl (C=O) groups excluding carboxylic acids is 1. The van der Waals surface area contributed by atoms with Gasteiger partial charge in [-0.3, -0.25) is 0 Å². The molecule has 1 saturated heterocycles. The van der Waals surface area contributed by atoms with Crippen LogP contribution in [0.25, 0.3) is 0 Å². The lowest BCUT2D eigenvalue weighted by Gasteiger charge is -2.33. The lowest BCUT2D eigenvalue weighted by molar-refractivity contribution is -0.0176. The second kappa shape index (κ2) is 8.49. The number of benzene rings is 1. The van der Waals surface area contributed by atoms with Crippen LogP contribution in [0.2, 0.25) is 0 Å². The number of nitrogens with zero attached hydrogens (tertiary/aromatic N) is 3. The fourth-order valence-electron chi connectivity index (χ4n) is 2.87. The lowest BCUT2D eigenvalue weighted by Crippen LogP contribution is -2.50. The van der Waals surface area contributed by atoms with Gasteiger partial charge in [0.15, 0.2) is 0 Å². The molecule has 1 aromatic heterocycles. The van der Waals surface area contributed by atoms with Crippen LogP contribution in [0.15, 0.2) is 49.1 Å². The maximum atomic E-state index is 12.3. The van der Waals surface area contributed by atoms with Crippen LogP contribution in [0.5, 0.6) is 0 Å². The number of imidazole rings is 1. The molecule has 1 aliphatic rings. The van der Waals surface area contributed by atoms with Crippen molar-refractivity contribution in [3.63, 3.8) is 0 Å². The van der Waals surface area contributed by atoms with Crippen molar-refractivity contribution in [2.24, 2.45) is 0 Å². The van der Waals surface area contributed by atoms with Gasteiger partial charge in [-0.05, 0) is 18.4 Å². The Bertz CT molecular complexity index is 615. The zero-order valence-electron chi connectivity index (χ0n) is 13.8. The van der Waals surface area contributed by atoms with E-state index in [1.165, 1.54) is 5.56 Å². The fourth-order valence-corrected chi connectivity index (χ4v) is 2.87. The molecule has 1 unspecified atom stereocenters. The molecule has 0 spiro atoms. The van der Waals surface area contributed by atoms with Crippen molar-refractivity contribution < 1.29 is 9.53 Å². The first kappa shape index (κ1) is 16.5. The Morgan fingerprint density at radius 3 is 3.00 bits per heavy atom. The molecular weight excluding hydrogens is 304 g/mol. The van der Waals surface area contributed by atoms with Crippen molar-refractivity contribution in [1.82, 2.24) is 19.8 Å². The van der Waals surface area contributed by atoms with E-state index in [0.717, 1.165) is 19.4 Å². The molecule has 1 aromatic carbocycles. The van der Waals surface area contributed by atoms with Gasteiger partial charge >= 0.3 is 6.03 Å². The summed E-state index contributed by atoms with van der Waals surface area (Å²) in [6, 6.07) is 10.4. The summed E-state index contributed by atoms with van der Waals surface area (Å²) >= 11 is 0. The van der Waals surface area contributed by atoms with Gasteiger partial charge in [0.05, 0.1) is 19.0 Å². The van der Waals surface area contributed by atoms with E-state index in [-0.39, 0.29) is 12.1 Å². The molecule has 2 heterocycles. The maximum absolute atomic E-state index is 12.3. The van der Waals surface area contributed by atoms with Gasteiger partial charge in [-0.25, -0.2) is 9.78 Å². The number of aromatic nitrogens is 2. The van der Waals surface area contributed by atoms with E-state index in [1.54, 1.807) is 12.5 Å². The molecular formula is C18H24N4O2. The number of carbonyl (C=O) groups is 1. The highest BCUT2D eigenvalue weighted by Crippen LogP contribution is 2.12. The van der Waals surface area contributed by atoms with E-state index in [2.05, 4.69) is 34.6 Å². The van der Waals surface area contributed by atoms with Crippen molar-refractivity contribution in [3.05, 3.63) is 54.6 Å². The van der Waals surface area contributed by atoms with Crippen LogP contribution in [0.3, 0.4) is 0 Å². The van der Waals surface area contributed by atoms with Crippen molar-refractivity contribution in [1.29, 1.82) is 0 Å². The van der Waals surface area contributed by atoms with Crippen LogP contribution in [0.1, 0.15) is 12.0 Å². The monoisotopic (exact) mass is 328 g/mol. The number of urea groups is 1. The summed E-state index contributed by atoms with van der Waals surface area (Å²) in [6.45, 7) is 3.24. The summed E-state index contributed by atoms with van der Waals surface area (Å²) in [5.74, 6) is 0. The number of rotatable bonds is 6. The number of hydrogen-bond acceptors (Lipinski definition) is 3. The van der Waals surface area contributed by atoms with Crippen molar-refractivity contribution >= 4 is 6.03 Å². The number of nitrogens with one attached hydrogen (secondary N) is 1. The molecule has 6 nitrogen and oxygen atoms in total. The minimum Gasteiger partial charge on any atom is -0.375 e. The summed E-state index contributed by atoms with van der Waals surface area (Å²) in [7, 11) is 0. The predicted octanol–water partition coefficient (Wildman–Crippen LogP) is 1.93. The van der Waals surface area contributed by atoms with Gasteiger partial charge in [0.25, 0.3) is 0 Å². The highest BCUT2D eigenvalue weighted by molar-refractivity contribution is 5.74. The van der Waals surface area contributed by atoms with Crippen LogP contribution in [0, 0.1) is 0 Å². The quantitative estimate of drug-likeness (QED) is 0.881. The van der Waals surface area contributed by atoms with Gasteiger partial charge in [-0.2, -0.15) is 0 Å². The highest BCUT2D eigenvalue weighted by atomic mass is 16.5. The van der Waals surface area contributed by atoms with Gasteiger partial charge < -0.3 is 19.5 Å². The molecule has 24 heavy (non-hydrogen) atoms. The van der Waals surface area contributed by atoms with Crippen molar-refractivity contribution in [2.45, 2.75) is 25.5 Å². The molecule has 3 rings (SSSR count). The largest absolute Gasteiger partial charge is 0.375 e. The average molecular weight is 328 g/mol. The Hall–Kier alpha value is -2.34. The Morgan fingerprint density at radius 1 is 1.33 bits per heavy atom. The molecule has 6 heteroatoms. The average Bonchev–Trinajstić information content (AvgIpc) is 3.14. The molecule has 0 saturated carbocycles. The van der Waals surface area contributed by atoms with E-state index in [0.29, 0.717) is 26.2 Å². The Labute approximate surface area is 142 Å². The van der Waals surface area contributed by atoms with Crippen LogP contribution in [-0.4, -0.2) is 52.8 Å². The van der Waals surface area contributed by atoms with Crippen molar-refractivity contribution in [2.75, 3.05) is 26.2 Å². The standard InChI is InChI=1S/C18H24N4O2/c23-18(20-9-11-21-10-8-19-15-21)22-12-13-24-17(14-22)7-6-16-4-2-1-3-5-16/h1-5,8,10,15,17H,6-7,9,11-14H2,(H,20,23). The molecule has 1 N–H and O–H groups in total. The van der Waals surface area contributed by atoms with E-state index in [9.17, 15) is 4.79 Å². The molecule has 2 aromatic rings. The minimum atomic E-state index is -0.0110. The van der Waals surface area contributed by atoms with Crippen LogP contribution >= 0.6 is 0 Å². The highest BCUT2D eigenvalue weighted by Gasteiger charge is 2.23. The molecule has 1 fully saturated rings. The summed E-state index contributed by atoms with van der Waals surface area (Å²) in [6.07, 6.45) is 7.39. The third kappa shape index (κ3) is 4.83. The Balaban J connectivity index is 1.40. The van der Waals surface area contributed by atoms with Gasteiger partial charge in [0.2, 0.25) is 0 Å². The van der Waals surface area contributed by atoms with Crippen molar-refractivity contribution in [3.8, 4) is 0 Å². The van der Waals surface area contributed by atoms with E-state index >= 15 is 0 Å². The molecule has 0 aliphatic carbocycles. The maximum Gasteiger partial charge on any atom is 0.317 e. The fraction of sp³-hybridized carbons (Fsp3) is 0.444. The van der Waals surface area contributed by atoms with Gasteiger partial charge in [-0.1, -0.05) is 30.3 Å². The van der Waals surface area contributed by atoms with Gasteiger partial charge in [0, 0.05) is 38.6 Å². The minimum absolute atomic E-state index is 0.0110. The van der Waals surface area contributed by atoms with E-state index in [1.807, 2.05) is 21.7 Å². The first-order valence-corrected chi connectivity index (χ1v) is 8.45. The molecule has 128 valence electrons. The smallest absolute Gasteiger partial charge is 0.317 e. The number of ether oxygens (including phenoxy) is 1.